The summed E-state index contributed by atoms with van der Waals surface area (Å²) in [5.74, 6) is -0.910. The van der Waals surface area contributed by atoms with Crippen molar-refractivity contribution >= 4 is 40.4 Å². The van der Waals surface area contributed by atoms with Gasteiger partial charge in [0, 0.05) is 10.7 Å². The van der Waals surface area contributed by atoms with Gasteiger partial charge >= 0.3 is 0 Å². The molecule has 0 aromatic heterocycles. The van der Waals surface area contributed by atoms with E-state index in [1.165, 1.54) is 18.2 Å². The number of halogens is 2. The van der Waals surface area contributed by atoms with Crippen molar-refractivity contribution in [1.82, 2.24) is 0 Å². The van der Waals surface area contributed by atoms with Crippen LogP contribution in [0, 0.1) is 12.7 Å². The van der Waals surface area contributed by atoms with Crippen LogP contribution in [0.3, 0.4) is 0 Å². The van der Waals surface area contributed by atoms with Crippen LogP contribution >= 0.6 is 11.6 Å². The van der Waals surface area contributed by atoms with E-state index in [1.54, 1.807) is 55.6 Å². The summed E-state index contributed by atoms with van der Waals surface area (Å²) >= 11 is 6.22. The van der Waals surface area contributed by atoms with Crippen molar-refractivity contribution in [3.05, 3.63) is 94.4 Å². The highest BCUT2D eigenvalue weighted by Gasteiger charge is 2.40. The van der Waals surface area contributed by atoms with Gasteiger partial charge in [-0.25, -0.2) is 9.29 Å². The number of anilines is 2. The Morgan fingerprint density at radius 2 is 1.71 bits per heavy atom. The smallest absolute Gasteiger partial charge is 0.282 e. The maximum Gasteiger partial charge on any atom is 0.282 e. The lowest BCUT2D eigenvalue weighted by atomic mass is 10.0. The first kappa shape index (κ1) is 20.6. The number of carbonyl (C=O) groups is 2. The summed E-state index contributed by atoms with van der Waals surface area (Å²) in [6, 6.07) is 17.4. The van der Waals surface area contributed by atoms with Crippen molar-refractivity contribution in [2.45, 2.75) is 6.92 Å². The fraction of sp³-hybridized carbons (Fsp3) is 0.0833. The van der Waals surface area contributed by atoms with Gasteiger partial charge in [-0.05, 0) is 60.5 Å². The van der Waals surface area contributed by atoms with Crippen molar-refractivity contribution < 1.29 is 18.7 Å². The van der Waals surface area contributed by atoms with Crippen LogP contribution in [0.4, 0.5) is 15.8 Å². The third kappa shape index (κ3) is 3.90. The number of carbonyl (C=O) groups excluding carboxylic acids is 2. The molecule has 0 spiro atoms. The van der Waals surface area contributed by atoms with Crippen LogP contribution in [0.2, 0.25) is 5.02 Å². The molecule has 0 bridgehead atoms. The minimum atomic E-state index is -0.556. The number of hydrogen-bond donors (Lipinski definition) is 1. The minimum Gasteiger partial charge on any atom is -0.497 e. The number of imide groups is 1. The van der Waals surface area contributed by atoms with Crippen LogP contribution in [0.15, 0.2) is 72.4 Å². The van der Waals surface area contributed by atoms with Gasteiger partial charge in [0.15, 0.2) is 0 Å². The van der Waals surface area contributed by atoms with Crippen LogP contribution in [0.5, 0.6) is 5.75 Å². The monoisotopic (exact) mass is 436 g/mol. The average molecular weight is 437 g/mol. The van der Waals surface area contributed by atoms with E-state index in [0.717, 1.165) is 10.5 Å². The van der Waals surface area contributed by atoms with Gasteiger partial charge < -0.3 is 10.1 Å². The predicted molar refractivity (Wildman–Crippen MR) is 119 cm³/mol. The summed E-state index contributed by atoms with van der Waals surface area (Å²) in [6.45, 7) is 1.83. The van der Waals surface area contributed by atoms with Gasteiger partial charge in [-0.15, -0.1) is 0 Å². The number of rotatable bonds is 5. The van der Waals surface area contributed by atoms with Crippen molar-refractivity contribution in [1.29, 1.82) is 0 Å². The standard InChI is InChI=1S/C24H18ClFN2O3/c1-14-6-9-18(13-20(14)25)28-23(29)21(15-7-10-19(31-2)11-8-15)22(24(28)30)27-17-5-3-4-16(26)12-17/h3-13,27H,1-2H3. The van der Waals surface area contributed by atoms with Crippen LogP contribution < -0.4 is 15.0 Å². The number of nitrogens with one attached hydrogen (secondary N) is 1. The Hall–Kier alpha value is -3.64. The van der Waals surface area contributed by atoms with Crippen molar-refractivity contribution in [3.8, 4) is 5.75 Å². The van der Waals surface area contributed by atoms with Gasteiger partial charge in [-0.3, -0.25) is 9.59 Å². The normalized spacial score (nSPS) is 13.7. The molecular weight excluding hydrogens is 419 g/mol. The molecule has 3 aromatic carbocycles. The maximum absolute atomic E-state index is 13.7. The molecule has 0 unspecified atom stereocenters. The zero-order chi connectivity index (χ0) is 22.1. The number of benzene rings is 3. The van der Waals surface area contributed by atoms with Crippen molar-refractivity contribution in [3.63, 3.8) is 0 Å². The molecule has 31 heavy (non-hydrogen) atoms. The van der Waals surface area contributed by atoms with Gasteiger partial charge in [0.05, 0.1) is 18.4 Å². The van der Waals surface area contributed by atoms with Gasteiger partial charge in [0.1, 0.15) is 17.3 Å². The highest BCUT2D eigenvalue weighted by Crippen LogP contribution is 2.35. The zero-order valence-electron chi connectivity index (χ0n) is 16.8. The summed E-state index contributed by atoms with van der Waals surface area (Å²) in [7, 11) is 1.54. The average Bonchev–Trinajstić information content (AvgIpc) is 3.00. The second-order valence-electron chi connectivity index (χ2n) is 6.99. The number of nitrogens with zero attached hydrogens (tertiary/aromatic N) is 1. The highest BCUT2D eigenvalue weighted by atomic mass is 35.5. The first-order valence-electron chi connectivity index (χ1n) is 9.45. The first-order valence-corrected chi connectivity index (χ1v) is 9.83. The molecule has 4 rings (SSSR count). The molecule has 7 heteroatoms. The number of aryl methyl sites for hydroxylation is 1. The molecule has 1 aliphatic rings. The highest BCUT2D eigenvalue weighted by molar-refractivity contribution is 6.46. The van der Waals surface area contributed by atoms with E-state index in [4.69, 9.17) is 16.3 Å². The third-order valence-corrected chi connectivity index (χ3v) is 5.38. The SMILES string of the molecule is COc1ccc(C2=C(Nc3cccc(F)c3)C(=O)N(c3ccc(C)c(Cl)c3)C2=O)cc1. The summed E-state index contributed by atoms with van der Waals surface area (Å²) in [5, 5.41) is 3.37. The largest absolute Gasteiger partial charge is 0.497 e. The van der Waals surface area contributed by atoms with E-state index >= 15 is 0 Å². The predicted octanol–water partition coefficient (Wildman–Crippen LogP) is 5.19. The molecule has 0 saturated carbocycles. The molecule has 2 amide bonds. The Labute approximate surface area is 183 Å². The lowest BCUT2D eigenvalue weighted by Gasteiger charge is -2.16. The quantitative estimate of drug-likeness (QED) is 0.559. The zero-order valence-corrected chi connectivity index (χ0v) is 17.5. The third-order valence-electron chi connectivity index (χ3n) is 4.97. The van der Waals surface area contributed by atoms with E-state index in [2.05, 4.69) is 5.32 Å². The second kappa shape index (κ2) is 8.24. The molecule has 0 atom stereocenters. The van der Waals surface area contributed by atoms with E-state index in [-0.39, 0.29) is 11.3 Å². The van der Waals surface area contributed by atoms with Crippen molar-refractivity contribution in [2.75, 3.05) is 17.3 Å². The Balaban J connectivity index is 1.82. The molecule has 1 aliphatic heterocycles. The maximum atomic E-state index is 13.7. The summed E-state index contributed by atoms with van der Waals surface area (Å²) in [6.07, 6.45) is 0. The molecular formula is C24H18ClFN2O3. The van der Waals surface area contributed by atoms with E-state index in [1.807, 2.05) is 6.92 Å². The Bertz CT molecular complexity index is 1220. The van der Waals surface area contributed by atoms with E-state index in [0.29, 0.717) is 27.7 Å². The number of ether oxygens (including phenoxy) is 1. The lowest BCUT2D eigenvalue weighted by Crippen LogP contribution is -2.32. The summed E-state index contributed by atoms with van der Waals surface area (Å²) < 4.78 is 18.9. The molecule has 0 fully saturated rings. The van der Waals surface area contributed by atoms with Gasteiger partial charge in [-0.2, -0.15) is 0 Å². The topological polar surface area (TPSA) is 58.6 Å². The Kier molecular flexibility index (Phi) is 5.48. The van der Waals surface area contributed by atoms with Crippen LogP contribution in [-0.2, 0) is 9.59 Å². The molecule has 0 saturated heterocycles. The van der Waals surface area contributed by atoms with Crippen molar-refractivity contribution in [2.24, 2.45) is 0 Å². The molecule has 5 nitrogen and oxygen atoms in total. The number of hydrogen-bond acceptors (Lipinski definition) is 4. The molecule has 0 radical (unpaired) electrons. The molecule has 156 valence electrons. The van der Waals surface area contributed by atoms with Gasteiger partial charge in [0.25, 0.3) is 11.8 Å². The van der Waals surface area contributed by atoms with Crippen LogP contribution in [0.1, 0.15) is 11.1 Å². The minimum absolute atomic E-state index is 0.0532. The van der Waals surface area contributed by atoms with E-state index < -0.39 is 17.6 Å². The van der Waals surface area contributed by atoms with Gasteiger partial charge in [0.2, 0.25) is 0 Å². The summed E-state index contributed by atoms with van der Waals surface area (Å²) in [5.41, 5.74) is 2.29. The Morgan fingerprint density at radius 3 is 2.35 bits per heavy atom. The number of methoxy groups -OCH3 is 1. The second-order valence-corrected chi connectivity index (χ2v) is 7.40. The van der Waals surface area contributed by atoms with Crippen LogP contribution in [-0.4, -0.2) is 18.9 Å². The van der Waals surface area contributed by atoms with Crippen LogP contribution in [0.25, 0.3) is 5.57 Å². The molecule has 0 aliphatic carbocycles. The molecule has 1 N–H and O–H groups in total. The van der Waals surface area contributed by atoms with Gasteiger partial charge in [-0.1, -0.05) is 35.9 Å². The molecule has 3 aromatic rings. The summed E-state index contributed by atoms with van der Waals surface area (Å²) in [4.78, 5) is 27.8. The Morgan fingerprint density at radius 1 is 0.968 bits per heavy atom. The number of amides is 2. The first-order chi connectivity index (χ1) is 14.9. The van der Waals surface area contributed by atoms with E-state index in [9.17, 15) is 14.0 Å². The fourth-order valence-electron chi connectivity index (χ4n) is 3.34. The molecule has 1 heterocycles. The lowest BCUT2D eigenvalue weighted by molar-refractivity contribution is -0.120. The fourth-order valence-corrected chi connectivity index (χ4v) is 3.51.